The van der Waals surface area contributed by atoms with Crippen LogP contribution in [0.5, 0.6) is 11.5 Å². The minimum atomic E-state index is 0.269. The maximum atomic E-state index is 5.58. The van der Waals surface area contributed by atoms with Gasteiger partial charge < -0.3 is 25.0 Å². The molecule has 180 valence electrons. The molecule has 2 aromatic heterocycles. The molecule has 8 heteroatoms. The third-order valence-electron chi connectivity index (χ3n) is 6.16. The average molecular weight is 463 g/mol. The van der Waals surface area contributed by atoms with Gasteiger partial charge in [0, 0.05) is 61.0 Å². The molecule has 34 heavy (non-hydrogen) atoms. The van der Waals surface area contributed by atoms with Crippen molar-refractivity contribution in [2.75, 3.05) is 44.1 Å². The predicted octanol–water partition coefficient (Wildman–Crippen LogP) is 4.61. The molecule has 1 saturated heterocycles. The van der Waals surface area contributed by atoms with Gasteiger partial charge in [-0.3, -0.25) is 0 Å². The smallest absolute Gasteiger partial charge is 0.227 e. The molecule has 1 fully saturated rings. The van der Waals surface area contributed by atoms with E-state index in [1.165, 1.54) is 0 Å². The molecule has 0 amide bonds. The summed E-state index contributed by atoms with van der Waals surface area (Å²) in [5.41, 5.74) is 3.66. The first kappa shape index (κ1) is 23.8. The summed E-state index contributed by atoms with van der Waals surface area (Å²) in [4.78, 5) is 16.2. The summed E-state index contributed by atoms with van der Waals surface area (Å²) in [6.45, 7) is 9.39. The lowest BCUT2D eigenvalue weighted by molar-refractivity contribution is 0.350. The molecule has 2 N–H and O–H groups in total. The Morgan fingerprint density at radius 3 is 2.68 bits per heavy atom. The van der Waals surface area contributed by atoms with Gasteiger partial charge in [0.1, 0.15) is 5.82 Å². The molecule has 4 rings (SSSR count). The summed E-state index contributed by atoms with van der Waals surface area (Å²) < 4.78 is 11.1. The SMILES string of the molecule is CCC1CN(c2ccc(-c3ccnc(Nc4cc(OC)c(OC)c(C(C)C)c4)n3)cn2)CCN1. The summed E-state index contributed by atoms with van der Waals surface area (Å²) in [7, 11) is 3.30. The highest BCUT2D eigenvalue weighted by Crippen LogP contribution is 2.39. The number of aromatic nitrogens is 3. The number of hydrogen-bond donors (Lipinski definition) is 2. The zero-order chi connectivity index (χ0) is 24.1. The molecule has 3 aromatic rings. The fourth-order valence-electron chi connectivity index (χ4n) is 4.24. The van der Waals surface area contributed by atoms with Gasteiger partial charge in [0.2, 0.25) is 5.95 Å². The molecular formula is C26H34N6O2. The normalized spacial score (nSPS) is 15.9. The standard InChI is InChI=1S/C26H34N6O2/c1-6-19-16-32(12-11-27-19)24-8-7-18(15-29-24)22-9-10-28-26(31-22)30-20-13-21(17(2)3)25(34-5)23(14-20)33-4/h7-10,13-15,17,19,27H,6,11-12,16H2,1-5H3,(H,28,30,31). The summed E-state index contributed by atoms with van der Waals surface area (Å²) in [5.74, 6) is 3.20. The van der Waals surface area contributed by atoms with E-state index in [4.69, 9.17) is 19.4 Å². The van der Waals surface area contributed by atoms with E-state index < -0.39 is 0 Å². The first-order valence-corrected chi connectivity index (χ1v) is 11.8. The van der Waals surface area contributed by atoms with Gasteiger partial charge in [0.25, 0.3) is 0 Å². The van der Waals surface area contributed by atoms with Crippen LogP contribution in [0, 0.1) is 0 Å². The van der Waals surface area contributed by atoms with Gasteiger partial charge >= 0.3 is 0 Å². The van der Waals surface area contributed by atoms with Crippen molar-refractivity contribution in [3.63, 3.8) is 0 Å². The Kier molecular flexibility index (Phi) is 7.47. The molecule has 0 aliphatic carbocycles. The molecule has 1 unspecified atom stereocenters. The number of hydrogen-bond acceptors (Lipinski definition) is 8. The van der Waals surface area contributed by atoms with E-state index in [0.29, 0.717) is 17.7 Å². The fraction of sp³-hybridized carbons (Fsp3) is 0.423. The van der Waals surface area contributed by atoms with Crippen LogP contribution in [0.1, 0.15) is 38.7 Å². The molecular weight excluding hydrogens is 428 g/mol. The van der Waals surface area contributed by atoms with Gasteiger partial charge in [-0.15, -0.1) is 0 Å². The van der Waals surface area contributed by atoms with E-state index in [2.05, 4.69) is 59.5 Å². The Morgan fingerprint density at radius 2 is 2.00 bits per heavy atom. The minimum absolute atomic E-state index is 0.269. The van der Waals surface area contributed by atoms with E-state index in [1.54, 1.807) is 20.4 Å². The van der Waals surface area contributed by atoms with Crippen molar-refractivity contribution in [2.24, 2.45) is 0 Å². The van der Waals surface area contributed by atoms with Crippen LogP contribution in [-0.2, 0) is 0 Å². The van der Waals surface area contributed by atoms with E-state index in [1.807, 2.05) is 18.3 Å². The molecule has 0 bridgehead atoms. The van der Waals surface area contributed by atoms with Gasteiger partial charge in [0.15, 0.2) is 11.5 Å². The third kappa shape index (κ3) is 5.22. The number of nitrogens with zero attached hydrogens (tertiary/aromatic N) is 4. The Balaban J connectivity index is 1.54. The number of benzene rings is 1. The number of rotatable bonds is 8. The van der Waals surface area contributed by atoms with Crippen molar-refractivity contribution in [3.8, 4) is 22.8 Å². The monoisotopic (exact) mass is 462 g/mol. The van der Waals surface area contributed by atoms with E-state index in [-0.39, 0.29) is 5.92 Å². The number of piperazine rings is 1. The van der Waals surface area contributed by atoms with Gasteiger partial charge in [-0.1, -0.05) is 20.8 Å². The topological polar surface area (TPSA) is 84.4 Å². The van der Waals surface area contributed by atoms with Crippen LogP contribution in [0.15, 0.2) is 42.7 Å². The lowest BCUT2D eigenvalue weighted by Gasteiger charge is -2.34. The minimum Gasteiger partial charge on any atom is -0.493 e. The fourth-order valence-corrected chi connectivity index (χ4v) is 4.24. The highest BCUT2D eigenvalue weighted by molar-refractivity contribution is 5.66. The van der Waals surface area contributed by atoms with Crippen molar-refractivity contribution in [1.82, 2.24) is 20.3 Å². The molecule has 8 nitrogen and oxygen atoms in total. The predicted molar refractivity (Wildman–Crippen MR) is 136 cm³/mol. The second-order valence-corrected chi connectivity index (χ2v) is 8.76. The largest absolute Gasteiger partial charge is 0.493 e. The highest BCUT2D eigenvalue weighted by atomic mass is 16.5. The zero-order valence-corrected chi connectivity index (χ0v) is 20.6. The molecule has 1 atom stereocenters. The molecule has 0 radical (unpaired) electrons. The molecule has 1 aromatic carbocycles. The van der Waals surface area contributed by atoms with Gasteiger partial charge in [0.05, 0.1) is 19.9 Å². The summed E-state index contributed by atoms with van der Waals surface area (Å²) >= 11 is 0. The third-order valence-corrected chi connectivity index (χ3v) is 6.16. The van der Waals surface area contributed by atoms with Crippen LogP contribution in [-0.4, -0.2) is 54.8 Å². The van der Waals surface area contributed by atoms with Gasteiger partial charge in [-0.05, 0) is 36.6 Å². The Morgan fingerprint density at radius 1 is 1.15 bits per heavy atom. The van der Waals surface area contributed by atoms with Crippen molar-refractivity contribution in [2.45, 2.75) is 39.2 Å². The molecule has 0 spiro atoms. The zero-order valence-electron chi connectivity index (χ0n) is 20.6. The van der Waals surface area contributed by atoms with E-state index in [0.717, 1.165) is 60.1 Å². The second kappa shape index (κ2) is 10.7. The van der Waals surface area contributed by atoms with E-state index >= 15 is 0 Å². The first-order valence-electron chi connectivity index (χ1n) is 11.8. The maximum Gasteiger partial charge on any atom is 0.227 e. The highest BCUT2D eigenvalue weighted by Gasteiger charge is 2.19. The Hall–Kier alpha value is -3.39. The van der Waals surface area contributed by atoms with Crippen LogP contribution in [0.25, 0.3) is 11.3 Å². The van der Waals surface area contributed by atoms with Crippen molar-refractivity contribution < 1.29 is 9.47 Å². The van der Waals surface area contributed by atoms with Crippen LogP contribution in [0.2, 0.25) is 0 Å². The van der Waals surface area contributed by atoms with Crippen LogP contribution < -0.4 is 25.0 Å². The number of methoxy groups -OCH3 is 2. The summed E-state index contributed by atoms with van der Waals surface area (Å²) in [6, 6.07) is 10.5. The van der Waals surface area contributed by atoms with Crippen LogP contribution >= 0.6 is 0 Å². The Labute approximate surface area is 201 Å². The Bertz CT molecular complexity index is 1100. The second-order valence-electron chi connectivity index (χ2n) is 8.76. The van der Waals surface area contributed by atoms with Crippen LogP contribution in [0.3, 0.4) is 0 Å². The molecule has 3 heterocycles. The number of ether oxygens (including phenoxy) is 2. The van der Waals surface area contributed by atoms with E-state index in [9.17, 15) is 0 Å². The molecule has 1 aliphatic heterocycles. The lowest BCUT2D eigenvalue weighted by atomic mass is 10.0. The van der Waals surface area contributed by atoms with Crippen molar-refractivity contribution >= 4 is 17.5 Å². The molecule has 1 aliphatic rings. The van der Waals surface area contributed by atoms with Gasteiger partial charge in [-0.25, -0.2) is 15.0 Å². The van der Waals surface area contributed by atoms with Crippen molar-refractivity contribution in [3.05, 3.63) is 48.3 Å². The lowest BCUT2D eigenvalue weighted by Crippen LogP contribution is -2.50. The maximum absolute atomic E-state index is 5.58. The first-order chi connectivity index (χ1) is 16.5. The van der Waals surface area contributed by atoms with Gasteiger partial charge in [-0.2, -0.15) is 0 Å². The number of anilines is 3. The number of pyridine rings is 1. The summed E-state index contributed by atoms with van der Waals surface area (Å²) in [6.07, 6.45) is 4.76. The molecule has 0 saturated carbocycles. The van der Waals surface area contributed by atoms with Crippen molar-refractivity contribution in [1.29, 1.82) is 0 Å². The summed E-state index contributed by atoms with van der Waals surface area (Å²) in [5, 5.41) is 6.86. The average Bonchev–Trinajstić information content (AvgIpc) is 2.88. The quantitative estimate of drug-likeness (QED) is 0.502. The number of nitrogens with one attached hydrogen (secondary N) is 2. The van der Waals surface area contributed by atoms with Crippen LogP contribution in [0.4, 0.5) is 17.5 Å².